The second kappa shape index (κ2) is 5.26. The van der Waals surface area contributed by atoms with Crippen molar-refractivity contribution >= 4 is 0 Å². The third kappa shape index (κ3) is 2.82. The van der Waals surface area contributed by atoms with Crippen LogP contribution in [0.3, 0.4) is 0 Å². The van der Waals surface area contributed by atoms with E-state index in [1.807, 2.05) is 11.0 Å². The van der Waals surface area contributed by atoms with Crippen molar-refractivity contribution < 1.29 is 9.50 Å². The summed E-state index contributed by atoms with van der Waals surface area (Å²) in [6.07, 6.45) is 0.648. The molecule has 1 aliphatic rings. The molecule has 1 fully saturated rings. The lowest BCUT2D eigenvalue weighted by Crippen LogP contribution is -2.25. The molecule has 0 spiro atoms. The largest absolute Gasteiger partial charge is 0.392 e. The van der Waals surface area contributed by atoms with Crippen LogP contribution in [-0.2, 0) is 0 Å². The molecule has 4 heteroatoms. The van der Waals surface area contributed by atoms with E-state index in [4.69, 9.17) is 5.26 Å². The Kier molecular flexibility index (Phi) is 3.72. The normalized spacial score (nSPS) is 24.8. The molecule has 17 heavy (non-hydrogen) atoms. The van der Waals surface area contributed by atoms with E-state index in [2.05, 4.69) is 6.07 Å². The van der Waals surface area contributed by atoms with Crippen molar-refractivity contribution in [2.75, 3.05) is 13.1 Å². The molecule has 3 nitrogen and oxygen atoms in total. The maximum atomic E-state index is 13.2. The number of β-amino-alcohol motifs (C(OH)–C–C–N with tert-alkyl or cyclic N) is 1. The van der Waals surface area contributed by atoms with Gasteiger partial charge in [-0.05, 0) is 24.1 Å². The Labute approximate surface area is 100 Å². The SMILES string of the molecule is N#CCCN1C[C@H](O)C[C@@H]1c1cccc(F)c1. The van der Waals surface area contributed by atoms with E-state index in [-0.39, 0.29) is 18.0 Å². The number of nitriles is 1. The Morgan fingerprint density at radius 1 is 1.53 bits per heavy atom. The number of aliphatic hydroxyl groups is 1. The maximum Gasteiger partial charge on any atom is 0.123 e. The molecule has 0 unspecified atom stereocenters. The fourth-order valence-electron chi connectivity index (χ4n) is 2.38. The number of hydrogen-bond acceptors (Lipinski definition) is 3. The van der Waals surface area contributed by atoms with E-state index in [0.717, 1.165) is 5.56 Å². The summed E-state index contributed by atoms with van der Waals surface area (Å²) in [5.74, 6) is -0.260. The van der Waals surface area contributed by atoms with Gasteiger partial charge in [-0.2, -0.15) is 5.26 Å². The molecule has 0 aromatic heterocycles. The van der Waals surface area contributed by atoms with Gasteiger partial charge in [-0.1, -0.05) is 12.1 Å². The van der Waals surface area contributed by atoms with E-state index in [0.29, 0.717) is 25.9 Å². The first-order chi connectivity index (χ1) is 8.20. The molecule has 1 N–H and O–H groups in total. The molecule has 2 rings (SSSR count). The molecule has 1 heterocycles. The van der Waals surface area contributed by atoms with Gasteiger partial charge in [-0.3, -0.25) is 4.90 Å². The number of aliphatic hydroxyl groups excluding tert-OH is 1. The molecule has 0 saturated carbocycles. The van der Waals surface area contributed by atoms with Gasteiger partial charge in [0.25, 0.3) is 0 Å². The summed E-state index contributed by atoms with van der Waals surface area (Å²) in [4.78, 5) is 2.04. The van der Waals surface area contributed by atoms with Crippen LogP contribution in [-0.4, -0.2) is 29.2 Å². The highest BCUT2D eigenvalue weighted by atomic mass is 19.1. The van der Waals surface area contributed by atoms with Gasteiger partial charge >= 0.3 is 0 Å². The number of halogens is 1. The zero-order valence-corrected chi connectivity index (χ0v) is 9.51. The van der Waals surface area contributed by atoms with Crippen molar-refractivity contribution in [2.45, 2.75) is 25.0 Å². The lowest BCUT2D eigenvalue weighted by Gasteiger charge is -2.23. The Balaban J connectivity index is 2.15. The van der Waals surface area contributed by atoms with Crippen LogP contribution in [0.15, 0.2) is 24.3 Å². The van der Waals surface area contributed by atoms with Gasteiger partial charge < -0.3 is 5.11 Å². The second-order valence-electron chi connectivity index (χ2n) is 4.36. The fraction of sp³-hybridized carbons (Fsp3) is 0.462. The second-order valence-corrected chi connectivity index (χ2v) is 4.36. The van der Waals surface area contributed by atoms with Crippen LogP contribution in [0.5, 0.6) is 0 Å². The van der Waals surface area contributed by atoms with Gasteiger partial charge in [0.15, 0.2) is 0 Å². The zero-order chi connectivity index (χ0) is 12.3. The average molecular weight is 234 g/mol. The van der Waals surface area contributed by atoms with E-state index >= 15 is 0 Å². The van der Waals surface area contributed by atoms with Gasteiger partial charge in [0.1, 0.15) is 5.82 Å². The lowest BCUT2D eigenvalue weighted by atomic mass is 10.0. The number of nitrogens with zero attached hydrogens (tertiary/aromatic N) is 2. The van der Waals surface area contributed by atoms with E-state index < -0.39 is 0 Å². The van der Waals surface area contributed by atoms with E-state index in [1.54, 1.807) is 6.07 Å². The van der Waals surface area contributed by atoms with Crippen LogP contribution >= 0.6 is 0 Å². The summed E-state index contributed by atoms with van der Waals surface area (Å²) in [5, 5.41) is 18.3. The Bertz CT molecular complexity index is 430. The molecular weight excluding hydrogens is 219 g/mol. The van der Waals surface area contributed by atoms with Gasteiger partial charge in [-0.25, -0.2) is 4.39 Å². The minimum atomic E-state index is -0.387. The van der Waals surface area contributed by atoms with Gasteiger partial charge in [0, 0.05) is 25.6 Å². The molecule has 1 saturated heterocycles. The average Bonchev–Trinajstić information content (AvgIpc) is 2.68. The fourth-order valence-corrected chi connectivity index (χ4v) is 2.38. The predicted molar refractivity (Wildman–Crippen MR) is 61.6 cm³/mol. The minimum Gasteiger partial charge on any atom is -0.392 e. The molecule has 90 valence electrons. The summed E-state index contributed by atoms with van der Waals surface area (Å²) in [7, 11) is 0. The summed E-state index contributed by atoms with van der Waals surface area (Å²) < 4.78 is 13.2. The molecule has 0 bridgehead atoms. The van der Waals surface area contributed by atoms with Crippen LogP contribution < -0.4 is 0 Å². The molecule has 0 aliphatic carbocycles. The highest BCUT2D eigenvalue weighted by Crippen LogP contribution is 2.32. The van der Waals surface area contributed by atoms with Crippen LogP contribution in [0, 0.1) is 17.1 Å². The maximum absolute atomic E-state index is 13.2. The first-order valence-corrected chi connectivity index (χ1v) is 5.75. The molecule has 0 radical (unpaired) electrons. The Morgan fingerprint density at radius 3 is 3.06 bits per heavy atom. The highest BCUT2D eigenvalue weighted by Gasteiger charge is 2.31. The van der Waals surface area contributed by atoms with Crippen LogP contribution in [0.2, 0.25) is 0 Å². The number of rotatable bonds is 3. The summed E-state index contributed by atoms with van der Waals surface area (Å²) in [6, 6.07) is 8.58. The zero-order valence-electron chi connectivity index (χ0n) is 9.51. The van der Waals surface area contributed by atoms with Crippen LogP contribution in [0.25, 0.3) is 0 Å². The summed E-state index contributed by atoms with van der Waals surface area (Å²) in [5.41, 5.74) is 0.875. The van der Waals surface area contributed by atoms with Crippen molar-refractivity contribution in [1.29, 1.82) is 5.26 Å². The number of hydrogen-bond donors (Lipinski definition) is 1. The minimum absolute atomic E-state index is 0.0223. The van der Waals surface area contributed by atoms with E-state index in [1.165, 1.54) is 12.1 Å². The van der Waals surface area contributed by atoms with Gasteiger partial charge in [0.2, 0.25) is 0 Å². The molecule has 1 aliphatic heterocycles. The molecule has 1 aromatic carbocycles. The van der Waals surface area contributed by atoms with Gasteiger partial charge in [0.05, 0.1) is 12.2 Å². The third-order valence-electron chi connectivity index (χ3n) is 3.13. The quantitative estimate of drug-likeness (QED) is 0.868. The van der Waals surface area contributed by atoms with Crippen molar-refractivity contribution in [3.63, 3.8) is 0 Å². The van der Waals surface area contributed by atoms with Crippen molar-refractivity contribution in [1.82, 2.24) is 4.90 Å². The monoisotopic (exact) mass is 234 g/mol. The first kappa shape index (κ1) is 12.0. The predicted octanol–water partition coefficient (Wildman–Crippen LogP) is 1.85. The topological polar surface area (TPSA) is 47.3 Å². The Morgan fingerprint density at radius 2 is 2.35 bits per heavy atom. The molecule has 2 atom stereocenters. The van der Waals surface area contributed by atoms with Crippen molar-refractivity contribution in [3.05, 3.63) is 35.6 Å². The Hall–Kier alpha value is -1.44. The van der Waals surface area contributed by atoms with Crippen LogP contribution in [0.4, 0.5) is 4.39 Å². The highest BCUT2D eigenvalue weighted by molar-refractivity contribution is 5.21. The number of benzene rings is 1. The molecule has 0 amide bonds. The third-order valence-corrected chi connectivity index (χ3v) is 3.13. The van der Waals surface area contributed by atoms with Crippen molar-refractivity contribution in [3.8, 4) is 6.07 Å². The van der Waals surface area contributed by atoms with Crippen LogP contribution in [0.1, 0.15) is 24.4 Å². The number of likely N-dealkylation sites (tertiary alicyclic amines) is 1. The molecular formula is C13H15FN2O. The van der Waals surface area contributed by atoms with Gasteiger partial charge in [-0.15, -0.1) is 0 Å². The standard InChI is InChI=1S/C13H15FN2O/c14-11-4-1-3-10(7-11)13-8-12(17)9-16(13)6-2-5-15/h1,3-4,7,12-13,17H,2,6,8-9H2/t12-,13-/m1/s1. The van der Waals surface area contributed by atoms with Crippen molar-refractivity contribution in [2.24, 2.45) is 0 Å². The lowest BCUT2D eigenvalue weighted by molar-refractivity contribution is 0.176. The molecule has 1 aromatic rings. The summed E-state index contributed by atoms with van der Waals surface area (Å²) in [6.45, 7) is 1.18. The smallest absolute Gasteiger partial charge is 0.123 e. The first-order valence-electron chi connectivity index (χ1n) is 5.75. The van der Waals surface area contributed by atoms with E-state index in [9.17, 15) is 9.50 Å². The summed E-state index contributed by atoms with van der Waals surface area (Å²) >= 11 is 0.